The summed E-state index contributed by atoms with van der Waals surface area (Å²) >= 11 is 5.94. The Morgan fingerprint density at radius 1 is 1.11 bits per heavy atom. The van der Waals surface area contributed by atoms with E-state index in [1.54, 1.807) is 61.1 Å². The summed E-state index contributed by atoms with van der Waals surface area (Å²) in [6, 6.07) is 12.0. The maximum Gasteiger partial charge on any atom is 0.311 e. The normalized spacial score (nSPS) is 10.9. The summed E-state index contributed by atoms with van der Waals surface area (Å²) in [5.41, 5.74) is 1.70. The molecule has 0 radical (unpaired) electrons. The fourth-order valence-corrected chi connectivity index (χ4v) is 3.22. The van der Waals surface area contributed by atoms with Crippen molar-refractivity contribution >= 4 is 34.4 Å². The van der Waals surface area contributed by atoms with Crippen molar-refractivity contribution in [1.29, 1.82) is 0 Å². The summed E-state index contributed by atoms with van der Waals surface area (Å²) in [4.78, 5) is 25.4. The van der Waals surface area contributed by atoms with Gasteiger partial charge >= 0.3 is 5.97 Å². The Hall–Kier alpha value is -2.79. The second-order valence-electron chi connectivity index (χ2n) is 6.52. The largest absolute Gasteiger partial charge is 0.497 e. The van der Waals surface area contributed by atoms with Crippen LogP contribution in [-0.2, 0) is 4.79 Å². The van der Waals surface area contributed by atoms with Crippen molar-refractivity contribution < 1.29 is 19.1 Å². The van der Waals surface area contributed by atoms with Gasteiger partial charge in [-0.25, -0.2) is 0 Å². The molecule has 28 heavy (non-hydrogen) atoms. The lowest BCUT2D eigenvalue weighted by atomic mass is 10.2. The van der Waals surface area contributed by atoms with Crippen molar-refractivity contribution in [1.82, 2.24) is 4.57 Å². The number of aromatic nitrogens is 1. The van der Waals surface area contributed by atoms with Gasteiger partial charge in [0.05, 0.1) is 18.3 Å². The van der Waals surface area contributed by atoms with Crippen LogP contribution in [0.2, 0.25) is 5.02 Å². The molecule has 5 nitrogen and oxygen atoms in total. The van der Waals surface area contributed by atoms with Crippen LogP contribution in [0.1, 0.15) is 42.2 Å². The second kappa shape index (κ2) is 8.48. The van der Waals surface area contributed by atoms with Gasteiger partial charge in [-0.05, 0) is 55.8 Å². The number of hydrogen-bond acceptors (Lipinski definition) is 4. The second-order valence-corrected chi connectivity index (χ2v) is 6.96. The molecule has 0 fully saturated rings. The van der Waals surface area contributed by atoms with E-state index in [-0.39, 0.29) is 11.9 Å². The zero-order valence-electron chi connectivity index (χ0n) is 16.1. The highest BCUT2D eigenvalue weighted by atomic mass is 35.5. The van der Waals surface area contributed by atoms with Crippen molar-refractivity contribution in [3.63, 3.8) is 0 Å². The van der Waals surface area contributed by atoms with Gasteiger partial charge in [-0.3, -0.25) is 14.2 Å². The average Bonchev–Trinajstić information content (AvgIpc) is 2.97. The molecule has 0 amide bonds. The molecule has 3 rings (SSSR count). The smallest absolute Gasteiger partial charge is 0.311 e. The molecular weight excluding hydrogens is 378 g/mol. The minimum Gasteiger partial charge on any atom is -0.497 e. The Morgan fingerprint density at radius 2 is 1.82 bits per heavy atom. The van der Waals surface area contributed by atoms with Gasteiger partial charge in [0.2, 0.25) is 0 Å². The van der Waals surface area contributed by atoms with Crippen LogP contribution in [0, 0.1) is 6.92 Å². The highest BCUT2D eigenvalue weighted by molar-refractivity contribution is 6.30. The predicted octanol–water partition coefficient (Wildman–Crippen LogP) is 5.40. The summed E-state index contributed by atoms with van der Waals surface area (Å²) in [6.45, 7) is 3.78. The summed E-state index contributed by atoms with van der Waals surface area (Å²) < 4.78 is 12.5. The number of esters is 1. The van der Waals surface area contributed by atoms with Crippen molar-refractivity contribution in [2.45, 2.75) is 33.1 Å². The predicted molar refractivity (Wildman–Crippen MR) is 110 cm³/mol. The molecule has 1 heterocycles. The van der Waals surface area contributed by atoms with Crippen LogP contribution in [0.15, 0.2) is 42.5 Å². The number of fused-ring (bicyclic) bond motifs is 1. The molecule has 0 aliphatic rings. The third-order valence-corrected chi connectivity index (χ3v) is 4.85. The first-order valence-corrected chi connectivity index (χ1v) is 9.54. The van der Waals surface area contributed by atoms with Crippen LogP contribution < -0.4 is 9.47 Å². The summed E-state index contributed by atoms with van der Waals surface area (Å²) in [7, 11) is 1.57. The number of carbonyl (C=O) groups excluding carboxylic acids is 2. The van der Waals surface area contributed by atoms with Gasteiger partial charge in [0.25, 0.3) is 5.91 Å². The molecule has 2 aromatic carbocycles. The van der Waals surface area contributed by atoms with E-state index in [1.165, 1.54) is 0 Å². The van der Waals surface area contributed by atoms with Crippen molar-refractivity contribution in [3.8, 4) is 11.5 Å². The maximum atomic E-state index is 13.2. The van der Waals surface area contributed by atoms with Gasteiger partial charge in [-0.1, -0.05) is 24.9 Å². The van der Waals surface area contributed by atoms with Gasteiger partial charge < -0.3 is 9.47 Å². The number of benzene rings is 2. The molecule has 0 saturated heterocycles. The van der Waals surface area contributed by atoms with Crippen LogP contribution in [0.25, 0.3) is 10.9 Å². The Bertz CT molecular complexity index is 1020. The van der Waals surface area contributed by atoms with E-state index in [0.29, 0.717) is 45.1 Å². The molecule has 0 spiro atoms. The Kier molecular flexibility index (Phi) is 6.05. The fourth-order valence-electron chi connectivity index (χ4n) is 3.09. The summed E-state index contributed by atoms with van der Waals surface area (Å²) in [5.74, 6) is 0.470. The zero-order valence-corrected chi connectivity index (χ0v) is 16.9. The molecule has 0 aliphatic carbocycles. The van der Waals surface area contributed by atoms with Crippen LogP contribution in [0.5, 0.6) is 11.5 Å². The number of carbonyl (C=O) groups is 2. The lowest BCUT2D eigenvalue weighted by Crippen LogP contribution is -2.14. The van der Waals surface area contributed by atoms with E-state index in [0.717, 1.165) is 12.8 Å². The zero-order chi connectivity index (χ0) is 20.3. The molecule has 0 unspecified atom stereocenters. The minimum absolute atomic E-state index is 0.222. The van der Waals surface area contributed by atoms with Crippen molar-refractivity contribution in [2.75, 3.05) is 7.11 Å². The van der Waals surface area contributed by atoms with E-state index in [4.69, 9.17) is 21.1 Å². The maximum absolute atomic E-state index is 13.2. The Morgan fingerprint density at radius 3 is 2.46 bits per heavy atom. The highest BCUT2D eigenvalue weighted by Gasteiger charge is 2.23. The number of unbranched alkanes of at least 4 members (excludes halogenated alkanes) is 1. The highest BCUT2D eigenvalue weighted by Crippen LogP contribution is 2.36. The number of hydrogen-bond donors (Lipinski definition) is 0. The van der Waals surface area contributed by atoms with Gasteiger partial charge in [0.1, 0.15) is 5.75 Å². The Labute approximate surface area is 168 Å². The number of halogens is 1. The molecule has 3 aromatic rings. The third kappa shape index (κ3) is 3.90. The quantitative estimate of drug-likeness (QED) is 0.521. The molecule has 146 valence electrons. The molecule has 0 aliphatic heterocycles. The van der Waals surface area contributed by atoms with E-state index in [2.05, 4.69) is 0 Å². The van der Waals surface area contributed by atoms with E-state index >= 15 is 0 Å². The molecular formula is C22H22ClNO4. The van der Waals surface area contributed by atoms with Crippen LogP contribution in [-0.4, -0.2) is 23.6 Å². The van der Waals surface area contributed by atoms with Gasteiger partial charge in [0.15, 0.2) is 5.75 Å². The third-order valence-electron chi connectivity index (χ3n) is 4.60. The molecule has 1 aromatic heterocycles. The number of rotatable bonds is 6. The van der Waals surface area contributed by atoms with Crippen molar-refractivity contribution in [3.05, 3.63) is 58.7 Å². The molecule has 0 atom stereocenters. The number of methoxy groups -OCH3 is 1. The first-order valence-electron chi connectivity index (χ1n) is 9.16. The van der Waals surface area contributed by atoms with Gasteiger partial charge in [-0.2, -0.15) is 0 Å². The SMILES string of the molecule is CCCCC(=O)Oc1c(C)n(C(=O)c2ccc(Cl)cc2)c2ccc(OC)cc12. The first kappa shape index (κ1) is 20.0. The van der Waals surface area contributed by atoms with Crippen LogP contribution in [0.4, 0.5) is 0 Å². The van der Waals surface area contributed by atoms with E-state index < -0.39 is 0 Å². The Balaban J connectivity index is 2.12. The average molecular weight is 400 g/mol. The molecule has 0 bridgehead atoms. The number of nitrogens with zero attached hydrogens (tertiary/aromatic N) is 1. The monoisotopic (exact) mass is 399 g/mol. The van der Waals surface area contributed by atoms with E-state index in [9.17, 15) is 9.59 Å². The first-order chi connectivity index (χ1) is 13.5. The van der Waals surface area contributed by atoms with Gasteiger partial charge in [0, 0.05) is 22.4 Å². The molecule has 6 heteroatoms. The summed E-state index contributed by atoms with van der Waals surface area (Å²) in [5, 5.41) is 1.21. The number of ether oxygens (including phenoxy) is 2. The van der Waals surface area contributed by atoms with Gasteiger partial charge in [-0.15, -0.1) is 0 Å². The van der Waals surface area contributed by atoms with Crippen LogP contribution in [0.3, 0.4) is 0 Å². The van der Waals surface area contributed by atoms with E-state index in [1.807, 2.05) is 6.92 Å². The van der Waals surface area contributed by atoms with Crippen LogP contribution >= 0.6 is 11.6 Å². The standard InChI is InChI=1S/C22H22ClNO4/c1-4-5-6-20(25)28-21-14(2)24(19-12-11-17(27-3)13-18(19)21)22(26)15-7-9-16(23)10-8-15/h7-13H,4-6H2,1-3H3. The van der Waals surface area contributed by atoms with Crippen molar-refractivity contribution in [2.24, 2.45) is 0 Å². The topological polar surface area (TPSA) is 57.5 Å². The summed E-state index contributed by atoms with van der Waals surface area (Å²) in [6.07, 6.45) is 1.99. The lowest BCUT2D eigenvalue weighted by molar-refractivity contribution is -0.134. The fraction of sp³-hybridized carbons (Fsp3) is 0.273. The molecule has 0 N–H and O–H groups in total. The minimum atomic E-state index is -0.314. The lowest BCUT2D eigenvalue weighted by Gasteiger charge is -2.08. The molecule has 0 saturated carbocycles.